The fourth-order valence-electron chi connectivity index (χ4n) is 0.570. The van der Waals surface area contributed by atoms with Gasteiger partial charge in [0.05, 0.1) is 13.2 Å². The van der Waals surface area contributed by atoms with Crippen LogP contribution in [0.2, 0.25) is 0 Å². The minimum absolute atomic E-state index is 0.154. The van der Waals surface area contributed by atoms with Crippen LogP contribution in [0.25, 0.3) is 0 Å². The van der Waals surface area contributed by atoms with Gasteiger partial charge in [0.25, 0.3) is 0 Å². The molecular weight excluding hydrogens is 257 g/mol. The van der Waals surface area contributed by atoms with Gasteiger partial charge in [-0.2, -0.15) is 5.26 Å². The average Bonchev–Trinajstić information content (AvgIpc) is 2.07. The summed E-state index contributed by atoms with van der Waals surface area (Å²) in [5.74, 6) is -1.24. The molecule has 9 heteroatoms. The van der Waals surface area contributed by atoms with Crippen LogP contribution < -0.4 is 0 Å². The molecule has 3 nitrogen and oxygen atoms in total. The molecule has 0 heterocycles. The lowest BCUT2D eigenvalue weighted by molar-refractivity contribution is -0.134. The minimum atomic E-state index is -9.95. The predicted molar refractivity (Wildman–Crippen MR) is 48.0 cm³/mol. The largest absolute Gasteiger partial charge is 0.466 e. The number of methoxy groups -OCH3 is 1. The highest BCUT2D eigenvalue weighted by molar-refractivity contribution is 8.48. The number of carbonyl (C=O) groups is 1. The zero-order valence-electron chi connectivity index (χ0n) is 7.79. The van der Waals surface area contributed by atoms with Gasteiger partial charge in [-0.3, -0.25) is 0 Å². The van der Waals surface area contributed by atoms with Crippen LogP contribution in [0, 0.1) is 11.3 Å². The molecule has 0 saturated carbocycles. The SMILES string of the molecule is COC(=O)/C=C\C(=C/C#N)S(F)(F)(F)(F)F. The third kappa shape index (κ3) is 4.79. The Balaban J connectivity index is 5.45. The Morgan fingerprint density at radius 1 is 1.25 bits per heavy atom. The Kier molecular flexibility index (Phi) is 3.14. The maximum Gasteiger partial charge on any atom is 0.330 e. The van der Waals surface area contributed by atoms with E-state index in [0.717, 1.165) is 13.2 Å². The van der Waals surface area contributed by atoms with Crippen LogP contribution >= 0.6 is 10.2 Å². The van der Waals surface area contributed by atoms with E-state index in [9.17, 15) is 24.2 Å². The normalized spacial score (nSPS) is 17.4. The van der Waals surface area contributed by atoms with E-state index in [0.29, 0.717) is 0 Å². The van der Waals surface area contributed by atoms with Gasteiger partial charge in [0, 0.05) is 12.2 Å². The predicted octanol–water partition coefficient (Wildman–Crippen LogP) is 3.42. The quantitative estimate of drug-likeness (QED) is 0.258. The topological polar surface area (TPSA) is 50.1 Å². The highest BCUT2D eigenvalue weighted by Crippen LogP contribution is 3.02. The lowest BCUT2D eigenvalue weighted by Crippen LogP contribution is -2.08. The number of allylic oxidation sites excluding steroid dienone is 2. The monoisotopic (exact) mass is 263 g/mol. The van der Waals surface area contributed by atoms with E-state index >= 15 is 0 Å². The first-order chi connectivity index (χ1) is 6.90. The van der Waals surface area contributed by atoms with Crippen LogP contribution in [-0.2, 0) is 9.53 Å². The molecule has 0 spiro atoms. The van der Waals surface area contributed by atoms with Gasteiger partial charge in [0.15, 0.2) is 0 Å². The number of hydrogen-bond donors (Lipinski definition) is 0. The molecule has 0 aromatic rings. The van der Waals surface area contributed by atoms with Crippen molar-refractivity contribution in [2.24, 2.45) is 0 Å². The number of carbonyl (C=O) groups excluding carboxylic acids is 1. The molecule has 0 aliphatic rings. The Labute approximate surface area is 87.5 Å². The van der Waals surface area contributed by atoms with E-state index in [4.69, 9.17) is 5.26 Å². The van der Waals surface area contributed by atoms with Gasteiger partial charge in [-0.15, -0.1) is 0 Å². The number of hydrogen-bond acceptors (Lipinski definition) is 3. The van der Waals surface area contributed by atoms with E-state index < -0.39 is 21.1 Å². The molecule has 0 bridgehead atoms. The first-order valence-corrected chi connectivity index (χ1v) is 5.46. The van der Waals surface area contributed by atoms with E-state index in [1.165, 1.54) is 0 Å². The van der Waals surface area contributed by atoms with Crippen molar-refractivity contribution >= 4 is 16.2 Å². The van der Waals surface area contributed by atoms with Gasteiger partial charge in [-0.25, -0.2) is 4.79 Å². The van der Waals surface area contributed by atoms with E-state index in [1.807, 2.05) is 0 Å². The summed E-state index contributed by atoms with van der Waals surface area (Å²) in [6.07, 6.45) is -0.418. The van der Waals surface area contributed by atoms with E-state index in [2.05, 4.69) is 4.74 Å². The van der Waals surface area contributed by atoms with Crippen molar-refractivity contribution in [3.8, 4) is 6.07 Å². The van der Waals surface area contributed by atoms with Crippen LogP contribution in [0.3, 0.4) is 0 Å². The molecule has 0 unspecified atom stereocenters. The fraction of sp³-hybridized carbons (Fsp3) is 0.143. The van der Waals surface area contributed by atoms with E-state index in [-0.39, 0.29) is 18.2 Å². The molecule has 0 rings (SSSR count). The number of nitrogens with zero attached hydrogens (tertiary/aromatic N) is 1. The highest BCUT2D eigenvalue weighted by atomic mass is 32.5. The van der Waals surface area contributed by atoms with Crippen LogP contribution in [0.1, 0.15) is 0 Å². The Bertz CT molecular complexity index is 402. The maximum absolute atomic E-state index is 12.2. The van der Waals surface area contributed by atoms with Gasteiger partial charge >= 0.3 is 16.2 Å². The molecule has 0 atom stereocenters. The number of rotatable bonds is 3. The van der Waals surface area contributed by atoms with Crippen molar-refractivity contribution in [1.29, 1.82) is 5.26 Å². The molecule has 0 aromatic heterocycles. The highest BCUT2D eigenvalue weighted by Gasteiger charge is 2.66. The molecule has 16 heavy (non-hydrogen) atoms. The summed E-state index contributed by atoms with van der Waals surface area (Å²) in [6, 6.07) is 0.831. The first kappa shape index (κ1) is 14.4. The van der Waals surface area contributed by atoms with Crippen LogP contribution in [0.4, 0.5) is 19.4 Å². The lowest BCUT2D eigenvalue weighted by atomic mass is 10.4. The van der Waals surface area contributed by atoms with Crippen LogP contribution in [0.15, 0.2) is 23.1 Å². The molecule has 0 N–H and O–H groups in total. The smallest absolute Gasteiger partial charge is 0.330 e. The summed E-state index contributed by atoms with van der Waals surface area (Å²) in [6.45, 7) is 0. The van der Waals surface area contributed by atoms with Crippen LogP contribution in [0.5, 0.6) is 0 Å². The molecule has 0 fully saturated rings. The molecule has 0 aliphatic heterocycles. The number of nitriles is 1. The summed E-state index contributed by atoms with van der Waals surface area (Å²) in [7, 11) is -9.09. The standard InChI is InChI=1S/C7H6F5NO2S/c1-15-7(14)3-2-6(4-5-13)16(8,9,10,11)12/h2-4H,1H3/b3-2-,6-4+. The van der Waals surface area contributed by atoms with Crippen molar-refractivity contribution in [3.63, 3.8) is 0 Å². The molecule has 0 radical (unpaired) electrons. The number of ether oxygens (including phenoxy) is 1. The van der Waals surface area contributed by atoms with Gasteiger partial charge < -0.3 is 4.74 Å². The van der Waals surface area contributed by atoms with Crippen LogP contribution in [-0.4, -0.2) is 13.1 Å². The Hall–Kier alpha value is -1.56. The van der Waals surface area contributed by atoms with E-state index in [1.54, 1.807) is 0 Å². The Morgan fingerprint density at radius 2 is 1.75 bits per heavy atom. The van der Waals surface area contributed by atoms with Crippen molar-refractivity contribution in [3.05, 3.63) is 23.1 Å². The first-order valence-electron chi connectivity index (χ1n) is 3.50. The second-order valence-electron chi connectivity index (χ2n) is 2.50. The minimum Gasteiger partial charge on any atom is -0.466 e. The third-order valence-corrected chi connectivity index (χ3v) is 2.38. The zero-order valence-corrected chi connectivity index (χ0v) is 8.61. The molecule has 92 valence electrons. The third-order valence-electron chi connectivity index (χ3n) is 1.24. The molecular formula is C7H6F5NO2S. The maximum atomic E-state index is 12.2. The summed E-state index contributed by atoms with van der Waals surface area (Å²) in [5.41, 5.74) is 0. The van der Waals surface area contributed by atoms with Gasteiger partial charge in [0.1, 0.15) is 4.91 Å². The summed E-state index contributed by atoms with van der Waals surface area (Å²) < 4.78 is 64.9. The Morgan fingerprint density at radius 3 is 2.06 bits per heavy atom. The number of halogens is 5. The molecule has 0 aromatic carbocycles. The summed E-state index contributed by atoms with van der Waals surface area (Å²) >= 11 is 0. The van der Waals surface area contributed by atoms with Crippen molar-refractivity contribution < 1.29 is 29.0 Å². The lowest BCUT2D eigenvalue weighted by Gasteiger charge is -2.40. The average molecular weight is 263 g/mol. The fourth-order valence-corrected chi connectivity index (χ4v) is 1.17. The van der Waals surface area contributed by atoms with Gasteiger partial charge in [-0.1, -0.05) is 19.4 Å². The van der Waals surface area contributed by atoms with Crippen molar-refractivity contribution in [2.45, 2.75) is 0 Å². The zero-order chi connectivity index (χ0) is 13.1. The van der Waals surface area contributed by atoms with Gasteiger partial charge in [-0.05, 0) is 6.08 Å². The molecule has 0 aliphatic carbocycles. The molecule has 0 saturated heterocycles. The van der Waals surface area contributed by atoms with Crippen molar-refractivity contribution in [1.82, 2.24) is 0 Å². The second kappa shape index (κ2) is 3.48. The summed E-state index contributed by atoms with van der Waals surface area (Å²) in [5, 5.41) is 7.96. The van der Waals surface area contributed by atoms with Crippen molar-refractivity contribution in [2.75, 3.05) is 7.11 Å². The molecule has 0 amide bonds. The second-order valence-corrected chi connectivity index (χ2v) is 4.91. The number of esters is 1. The summed E-state index contributed by atoms with van der Waals surface area (Å²) in [4.78, 5) is 7.99. The van der Waals surface area contributed by atoms with Gasteiger partial charge in [0.2, 0.25) is 0 Å².